The van der Waals surface area contributed by atoms with Gasteiger partial charge in [0.25, 0.3) is 0 Å². The molecule has 0 aliphatic rings. The predicted octanol–water partition coefficient (Wildman–Crippen LogP) is 2.79. The molecule has 88 valence electrons. The minimum Gasteiger partial charge on any atom is -0.399 e. The number of nitrogens with two attached hydrogens (primary N) is 1. The summed E-state index contributed by atoms with van der Waals surface area (Å²) in [4.78, 5) is 10.1. The molecule has 1 heterocycles. The molecule has 4 nitrogen and oxygen atoms in total. The molecule has 0 aliphatic carbocycles. The van der Waals surface area contributed by atoms with Gasteiger partial charge in [0.1, 0.15) is 5.82 Å². The summed E-state index contributed by atoms with van der Waals surface area (Å²) in [5, 5.41) is 0.243. The molecule has 1 aromatic heterocycles. The molecule has 17 heavy (non-hydrogen) atoms. The van der Waals surface area contributed by atoms with E-state index >= 15 is 0 Å². The molecule has 5 heteroatoms. The lowest BCUT2D eigenvalue weighted by Gasteiger charge is -2.20. The minimum atomic E-state index is 0.243. The molecule has 2 rings (SSSR count). The van der Waals surface area contributed by atoms with Gasteiger partial charge in [-0.3, -0.25) is 0 Å². The molecule has 0 radical (unpaired) electrons. The maximum atomic E-state index is 5.80. The van der Waals surface area contributed by atoms with E-state index in [0.29, 0.717) is 0 Å². The molecule has 2 N–H and O–H groups in total. The molecule has 0 atom stereocenters. The average molecular weight is 249 g/mol. The summed E-state index contributed by atoms with van der Waals surface area (Å²) in [6.07, 6.45) is 1.71. The van der Waals surface area contributed by atoms with Crippen LogP contribution in [0.1, 0.15) is 5.56 Å². The van der Waals surface area contributed by atoms with E-state index in [-0.39, 0.29) is 5.28 Å². The zero-order valence-electron chi connectivity index (χ0n) is 9.68. The first-order chi connectivity index (χ1) is 8.08. The lowest BCUT2D eigenvalue weighted by atomic mass is 10.2. The quantitative estimate of drug-likeness (QED) is 0.656. The summed E-state index contributed by atoms with van der Waals surface area (Å²) in [5.41, 5.74) is 8.35. The Labute approximate surface area is 105 Å². The van der Waals surface area contributed by atoms with Crippen molar-refractivity contribution in [2.24, 2.45) is 0 Å². The number of hydrogen-bond acceptors (Lipinski definition) is 4. The largest absolute Gasteiger partial charge is 0.399 e. The molecule has 2 aromatic rings. The Kier molecular flexibility index (Phi) is 3.15. The van der Waals surface area contributed by atoms with Gasteiger partial charge in [0.05, 0.1) is 0 Å². The highest BCUT2D eigenvalue weighted by molar-refractivity contribution is 6.28. The first-order valence-corrected chi connectivity index (χ1v) is 5.54. The van der Waals surface area contributed by atoms with Crippen molar-refractivity contribution in [2.75, 3.05) is 17.7 Å². The van der Waals surface area contributed by atoms with Gasteiger partial charge in [-0.25, -0.2) is 4.98 Å². The Morgan fingerprint density at radius 1 is 1.24 bits per heavy atom. The first-order valence-electron chi connectivity index (χ1n) is 5.16. The second-order valence-electron chi connectivity index (χ2n) is 3.80. The first kappa shape index (κ1) is 11.7. The summed E-state index contributed by atoms with van der Waals surface area (Å²) >= 11 is 5.80. The Balaban J connectivity index is 2.39. The Hall–Kier alpha value is -1.81. The zero-order chi connectivity index (χ0) is 12.4. The number of nitrogen functional groups attached to an aromatic ring is 1. The number of hydrogen-bond donors (Lipinski definition) is 1. The van der Waals surface area contributed by atoms with Crippen LogP contribution < -0.4 is 10.6 Å². The highest BCUT2D eigenvalue weighted by Crippen LogP contribution is 2.25. The van der Waals surface area contributed by atoms with Crippen LogP contribution in [0.25, 0.3) is 0 Å². The van der Waals surface area contributed by atoms with Gasteiger partial charge in [-0.1, -0.05) is 0 Å². The van der Waals surface area contributed by atoms with E-state index in [1.165, 1.54) is 0 Å². The molecular formula is C12H13ClN4. The number of anilines is 3. The lowest BCUT2D eigenvalue weighted by molar-refractivity contribution is 1.05. The van der Waals surface area contributed by atoms with E-state index in [1.54, 1.807) is 6.20 Å². The van der Waals surface area contributed by atoms with Crippen molar-refractivity contribution in [1.82, 2.24) is 9.97 Å². The van der Waals surface area contributed by atoms with Gasteiger partial charge in [0.2, 0.25) is 5.28 Å². The molecule has 0 bridgehead atoms. The zero-order valence-corrected chi connectivity index (χ0v) is 10.4. The van der Waals surface area contributed by atoms with E-state index < -0.39 is 0 Å². The monoisotopic (exact) mass is 248 g/mol. The number of aromatic nitrogens is 2. The Morgan fingerprint density at radius 2 is 1.88 bits per heavy atom. The Bertz CT molecular complexity index is 525. The van der Waals surface area contributed by atoms with Crippen LogP contribution in [0.3, 0.4) is 0 Å². The van der Waals surface area contributed by atoms with Gasteiger partial charge >= 0.3 is 0 Å². The van der Waals surface area contributed by atoms with Crippen LogP contribution in [0.4, 0.5) is 17.2 Å². The third-order valence-corrected chi connectivity index (χ3v) is 2.70. The molecule has 0 unspecified atom stereocenters. The summed E-state index contributed by atoms with van der Waals surface area (Å²) in [7, 11) is 1.93. The van der Waals surface area contributed by atoms with Gasteiger partial charge in [-0.2, -0.15) is 4.98 Å². The van der Waals surface area contributed by atoms with E-state index in [0.717, 1.165) is 22.8 Å². The SMILES string of the molecule is Cc1cnc(Cl)nc1N(C)c1ccc(N)cc1. The Morgan fingerprint density at radius 3 is 2.53 bits per heavy atom. The predicted molar refractivity (Wildman–Crippen MR) is 70.7 cm³/mol. The van der Waals surface area contributed by atoms with Gasteiger partial charge in [-0.05, 0) is 42.8 Å². The van der Waals surface area contributed by atoms with Crippen molar-refractivity contribution in [2.45, 2.75) is 6.92 Å². The van der Waals surface area contributed by atoms with Crippen molar-refractivity contribution in [3.05, 3.63) is 41.3 Å². The number of benzene rings is 1. The van der Waals surface area contributed by atoms with Gasteiger partial charge in [0, 0.05) is 30.2 Å². The smallest absolute Gasteiger partial charge is 0.224 e. The van der Waals surface area contributed by atoms with Crippen molar-refractivity contribution >= 4 is 28.8 Å². The van der Waals surface area contributed by atoms with Crippen molar-refractivity contribution < 1.29 is 0 Å². The maximum absolute atomic E-state index is 5.80. The third-order valence-electron chi connectivity index (χ3n) is 2.51. The minimum absolute atomic E-state index is 0.243. The molecule has 0 fully saturated rings. The van der Waals surface area contributed by atoms with Crippen LogP contribution in [-0.2, 0) is 0 Å². The van der Waals surface area contributed by atoms with Gasteiger partial charge < -0.3 is 10.6 Å². The van der Waals surface area contributed by atoms with E-state index in [2.05, 4.69) is 9.97 Å². The maximum Gasteiger partial charge on any atom is 0.224 e. The van der Waals surface area contributed by atoms with Crippen molar-refractivity contribution in [1.29, 1.82) is 0 Å². The lowest BCUT2D eigenvalue weighted by Crippen LogP contribution is -2.13. The number of rotatable bonds is 2. The van der Waals surface area contributed by atoms with Crippen LogP contribution >= 0.6 is 11.6 Å². The van der Waals surface area contributed by atoms with Crippen molar-refractivity contribution in [3.63, 3.8) is 0 Å². The molecule has 0 aliphatic heterocycles. The average Bonchev–Trinajstić information content (AvgIpc) is 2.32. The second kappa shape index (κ2) is 4.59. The van der Waals surface area contributed by atoms with E-state index in [9.17, 15) is 0 Å². The fourth-order valence-corrected chi connectivity index (χ4v) is 1.70. The van der Waals surface area contributed by atoms with Crippen LogP contribution in [0.5, 0.6) is 0 Å². The van der Waals surface area contributed by atoms with Crippen LogP contribution in [0, 0.1) is 6.92 Å². The standard InChI is InChI=1S/C12H13ClN4/c1-8-7-15-12(13)16-11(8)17(2)10-5-3-9(14)4-6-10/h3-7H,14H2,1-2H3. The van der Waals surface area contributed by atoms with Crippen LogP contribution in [-0.4, -0.2) is 17.0 Å². The van der Waals surface area contributed by atoms with Gasteiger partial charge in [0.15, 0.2) is 0 Å². The number of aryl methyl sites for hydroxylation is 1. The van der Waals surface area contributed by atoms with Gasteiger partial charge in [-0.15, -0.1) is 0 Å². The normalized spacial score (nSPS) is 10.3. The molecule has 0 saturated carbocycles. The molecule has 1 aromatic carbocycles. The van der Waals surface area contributed by atoms with Crippen molar-refractivity contribution in [3.8, 4) is 0 Å². The van der Waals surface area contributed by atoms with E-state index in [4.69, 9.17) is 17.3 Å². The third kappa shape index (κ3) is 2.47. The summed E-state index contributed by atoms with van der Waals surface area (Å²) < 4.78 is 0. The van der Waals surface area contributed by atoms with Crippen LogP contribution in [0.2, 0.25) is 5.28 Å². The fourth-order valence-electron chi connectivity index (χ4n) is 1.57. The highest BCUT2D eigenvalue weighted by atomic mass is 35.5. The molecule has 0 amide bonds. The summed E-state index contributed by atoms with van der Waals surface area (Å²) in [5.74, 6) is 0.787. The topological polar surface area (TPSA) is 55.0 Å². The van der Waals surface area contributed by atoms with E-state index in [1.807, 2.05) is 43.1 Å². The second-order valence-corrected chi connectivity index (χ2v) is 4.13. The number of nitrogens with zero attached hydrogens (tertiary/aromatic N) is 3. The number of halogens is 1. The summed E-state index contributed by atoms with van der Waals surface area (Å²) in [6.45, 7) is 1.94. The molecular weight excluding hydrogens is 236 g/mol. The molecule has 0 spiro atoms. The molecule has 0 saturated heterocycles. The fraction of sp³-hybridized carbons (Fsp3) is 0.167. The highest BCUT2D eigenvalue weighted by Gasteiger charge is 2.09. The van der Waals surface area contributed by atoms with Crippen LogP contribution in [0.15, 0.2) is 30.5 Å². The summed E-state index contributed by atoms with van der Waals surface area (Å²) in [6, 6.07) is 7.57.